The van der Waals surface area contributed by atoms with Gasteiger partial charge in [0.15, 0.2) is 5.16 Å². The first-order valence-electron chi connectivity index (χ1n) is 7.06. The van der Waals surface area contributed by atoms with E-state index in [1.807, 2.05) is 31.7 Å². The van der Waals surface area contributed by atoms with Crippen molar-refractivity contribution in [3.63, 3.8) is 0 Å². The van der Waals surface area contributed by atoms with Crippen LogP contribution in [0.25, 0.3) is 0 Å². The molecule has 1 aromatic heterocycles. The molecule has 1 aliphatic rings. The van der Waals surface area contributed by atoms with Gasteiger partial charge in [-0.25, -0.2) is 9.97 Å². The molecule has 1 N–H and O–H groups in total. The smallest absolute Gasteiger partial charge is 0.188 e. The van der Waals surface area contributed by atoms with E-state index in [-0.39, 0.29) is 0 Å². The summed E-state index contributed by atoms with van der Waals surface area (Å²) >= 11 is 1.84. The third-order valence-corrected chi connectivity index (χ3v) is 5.12. The molecule has 19 heavy (non-hydrogen) atoms. The highest BCUT2D eigenvalue weighted by Gasteiger charge is 2.35. The van der Waals surface area contributed by atoms with Crippen LogP contribution >= 0.6 is 11.8 Å². The van der Waals surface area contributed by atoms with Crippen LogP contribution in [0.2, 0.25) is 0 Å². The molecule has 3 nitrogen and oxygen atoms in total. The van der Waals surface area contributed by atoms with Crippen LogP contribution in [0.4, 0.5) is 0 Å². The zero-order valence-electron chi connectivity index (χ0n) is 12.7. The monoisotopic (exact) mass is 279 g/mol. The number of thioether (sulfide) groups is 1. The summed E-state index contributed by atoms with van der Waals surface area (Å²) in [5.41, 5.74) is 2.56. The van der Waals surface area contributed by atoms with Gasteiger partial charge in [-0.3, -0.25) is 0 Å². The Bertz CT molecular complexity index is 425. The lowest BCUT2D eigenvalue weighted by Crippen LogP contribution is -2.43. The Morgan fingerprint density at radius 1 is 1.26 bits per heavy atom. The molecule has 1 saturated carbocycles. The van der Waals surface area contributed by atoms with Crippen molar-refractivity contribution in [2.75, 3.05) is 7.05 Å². The molecule has 0 saturated heterocycles. The van der Waals surface area contributed by atoms with Crippen LogP contribution in [0.5, 0.6) is 0 Å². The first-order valence-corrected chi connectivity index (χ1v) is 7.94. The second-order valence-electron chi connectivity index (χ2n) is 6.39. The van der Waals surface area contributed by atoms with Crippen molar-refractivity contribution in [1.29, 1.82) is 0 Å². The molecular weight excluding hydrogens is 254 g/mol. The quantitative estimate of drug-likeness (QED) is 0.861. The van der Waals surface area contributed by atoms with Crippen molar-refractivity contribution in [1.82, 2.24) is 15.3 Å². The van der Waals surface area contributed by atoms with E-state index in [0.29, 0.717) is 16.7 Å². The molecule has 0 bridgehead atoms. The normalized spacial score (nSPS) is 26.4. The fourth-order valence-corrected chi connectivity index (χ4v) is 4.49. The largest absolute Gasteiger partial charge is 0.316 e. The van der Waals surface area contributed by atoms with E-state index in [2.05, 4.69) is 36.2 Å². The number of aryl methyl sites for hydroxylation is 2. The van der Waals surface area contributed by atoms with Crippen LogP contribution in [0.1, 0.15) is 44.5 Å². The molecule has 106 valence electrons. The van der Waals surface area contributed by atoms with Gasteiger partial charge in [0.05, 0.1) is 0 Å². The summed E-state index contributed by atoms with van der Waals surface area (Å²) in [4.78, 5) is 9.14. The van der Waals surface area contributed by atoms with E-state index >= 15 is 0 Å². The van der Waals surface area contributed by atoms with Crippen LogP contribution in [0, 0.1) is 19.3 Å². The maximum Gasteiger partial charge on any atom is 0.188 e. The second kappa shape index (κ2) is 5.80. The molecule has 2 rings (SSSR count). The first-order chi connectivity index (χ1) is 8.89. The summed E-state index contributed by atoms with van der Waals surface area (Å²) < 4.78 is 0. The summed E-state index contributed by atoms with van der Waals surface area (Å²) in [7, 11) is 2.07. The Hall–Kier alpha value is -0.610. The Kier molecular flexibility index (Phi) is 4.51. The number of aromatic nitrogens is 2. The van der Waals surface area contributed by atoms with E-state index in [4.69, 9.17) is 0 Å². The molecule has 1 aromatic rings. The van der Waals surface area contributed by atoms with Crippen molar-refractivity contribution in [3.05, 3.63) is 17.5 Å². The molecule has 0 amide bonds. The second-order valence-corrected chi connectivity index (χ2v) is 7.60. The van der Waals surface area contributed by atoms with Gasteiger partial charge in [0.25, 0.3) is 0 Å². The van der Waals surface area contributed by atoms with Crippen LogP contribution in [-0.2, 0) is 0 Å². The number of rotatable bonds is 3. The summed E-state index contributed by atoms with van der Waals surface area (Å²) in [6, 6.07) is 2.60. The van der Waals surface area contributed by atoms with Gasteiger partial charge in [-0.2, -0.15) is 0 Å². The summed E-state index contributed by atoms with van der Waals surface area (Å²) in [6.45, 7) is 8.82. The van der Waals surface area contributed by atoms with Gasteiger partial charge in [0, 0.05) is 22.7 Å². The van der Waals surface area contributed by atoms with E-state index in [1.54, 1.807) is 0 Å². The molecule has 1 fully saturated rings. The fourth-order valence-electron chi connectivity index (χ4n) is 2.86. The lowest BCUT2D eigenvalue weighted by atomic mass is 9.75. The molecule has 0 aromatic carbocycles. The van der Waals surface area contributed by atoms with Gasteiger partial charge in [0.2, 0.25) is 0 Å². The fraction of sp³-hybridized carbons (Fsp3) is 0.733. The standard InChI is InChI=1S/C15H25N3S/c1-10-8-11(2)18-14(17-10)19-13-9-15(3,4)7-6-12(13)16-5/h8,12-13,16H,6-7,9H2,1-5H3. The molecule has 0 aliphatic heterocycles. The van der Waals surface area contributed by atoms with Gasteiger partial charge >= 0.3 is 0 Å². The van der Waals surface area contributed by atoms with E-state index in [0.717, 1.165) is 16.5 Å². The molecule has 1 aliphatic carbocycles. The SMILES string of the molecule is CNC1CCC(C)(C)CC1Sc1nc(C)cc(C)n1. The number of hydrogen-bond donors (Lipinski definition) is 1. The zero-order chi connectivity index (χ0) is 14.0. The number of nitrogens with zero attached hydrogens (tertiary/aromatic N) is 2. The van der Waals surface area contributed by atoms with Crippen LogP contribution < -0.4 is 5.32 Å². The number of nitrogens with one attached hydrogen (secondary N) is 1. The maximum atomic E-state index is 4.57. The average Bonchev–Trinajstić information content (AvgIpc) is 2.26. The molecule has 2 unspecified atom stereocenters. The Morgan fingerprint density at radius 2 is 1.89 bits per heavy atom. The summed E-state index contributed by atoms with van der Waals surface area (Å²) in [6.07, 6.45) is 3.76. The van der Waals surface area contributed by atoms with Gasteiger partial charge in [0.1, 0.15) is 0 Å². The minimum absolute atomic E-state index is 0.434. The zero-order valence-corrected chi connectivity index (χ0v) is 13.5. The van der Waals surface area contributed by atoms with Crippen molar-refractivity contribution in [2.24, 2.45) is 5.41 Å². The third kappa shape index (κ3) is 3.93. The Labute approximate surface area is 121 Å². The van der Waals surface area contributed by atoms with Crippen molar-refractivity contribution < 1.29 is 0 Å². The predicted molar refractivity (Wildman–Crippen MR) is 81.6 cm³/mol. The van der Waals surface area contributed by atoms with Crippen molar-refractivity contribution >= 4 is 11.8 Å². The first kappa shape index (κ1) is 14.8. The average molecular weight is 279 g/mol. The molecule has 4 heteroatoms. The van der Waals surface area contributed by atoms with Gasteiger partial charge in [-0.1, -0.05) is 25.6 Å². The lowest BCUT2D eigenvalue weighted by Gasteiger charge is -2.40. The number of hydrogen-bond acceptors (Lipinski definition) is 4. The van der Waals surface area contributed by atoms with Crippen molar-refractivity contribution in [2.45, 2.75) is 63.4 Å². The lowest BCUT2D eigenvalue weighted by molar-refractivity contribution is 0.218. The predicted octanol–water partition coefficient (Wildman–Crippen LogP) is 3.35. The van der Waals surface area contributed by atoms with E-state index in [1.165, 1.54) is 19.3 Å². The van der Waals surface area contributed by atoms with Gasteiger partial charge in [-0.15, -0.1) is 0 Å². The third-order valence-electron chi connectivity index (χ3n) is 3.92. The van der Waals surface area contributed by atoms with Gasteiger partial charge < -0.3 is 5.32 Å². The molecule has 1 heterocycles. The highest BCUT2D eigenvalue weighted by molar-refractivity contribution is 7.99. The highest BCUT2D eigenvalue weighted by atomic mass is 32.2. The Balaban J connectivity index is 2.14. The van der Waals surface area contributed by atoms with Crippen molar-refractivity contribution in [3.8, 4) is 0 Å². The maximum absolute atomic E-state index is 4.57. The molecule has 0 spiro atoms. The molecule has 0 radical (unpaired) electrons. The topological polar surface area (TPSA) is 37.8 Å². The van der Waals surface area contributed by atoms with Crippen LogP contribution in [0.3, 0.4) is 0 Å². The minimum Gasteiger partial charge on any atom is -0.316 e. The summed E-state index contributed by atoms with van der Waals surface area (Å²) in [5, 5.41) is 4.96. The highest BCUT2D eigenvalue weighted by Crippen LogP contribution is 2.41. The van der Waals surface area contributed by atoms with E-state index < -0.39 is 0 Å². The van der Waals surface area contributed by atoms with Crippen LogP contribution in [0.15, 0.2) is 11.2 Å². The summed E-state index contributed by atoms with van der Waals surface area (Å²) in [5.74, 6) is 0. The minimum atomic E-state index is 0.434. The molecular formula is C15H25N3S. The van der Waals surface area contributed by atoms with Gasteiger partial charge in [-0.05, 0) is 51.6 Å². The van der Waals surface area contributed by atoms with Crippen LogP contribution in [-0.4, -0.2) is 28.3 Å². The van der Waals surface area contributed by atoms with E-state index in [9.17, 15) is 0 Å². The Morgan fingerprint density at radius 3 is 2.47 bits per heavy atom. The molecule has 2 atom stereocenters.